The van der Waals surface area contributed by atoms with Gasteiger partial charge in [0.05, 0.1) is 0 Å². The maximum atomic E-state index is 3.49. The van der Waals surface area contributed by atoms with Crippen molar-refractivity contribution in [3.05, 3.63) is 21.9 Å². The molecule has 1 aliphatic rings. The van der Waals surface area contributed by atoms with Gasteiger partial charge in [0.2, 0.25) is 0 Å². The van der Waals surface area contributed by atoms with Gasteiger partial charge in [-0.15, -0.1) is 11.3 Å². The number of thioether (sulfide) groups is 1. The van der Waals surface area contributed by atoms with Crippen LogP contribution >= 0.6 is 23.1 Å². The fourth-order valence-corrected chi connectivity index (χ4v) is 4.50. The van der Waals surface area contributed by atoms with E-state index in [1.165, 1.54) is 35.0 Å². The monoisotopic (exact) mass is 312 g/mol. The van der Waals surface area contributed by atoms with E-state index in [1.807, 2.05) is 11.3 Å². The highest BCUT2D eigenvalue weighted by atomic mass is 32.2. The number of rotatable bonds is 5. The van der Waals surface area contributed by atoms with Gasteiger partial charge in [-0.1, -0.05) is 27.7 Å². The third-order valence-corrected chi connectivity index (χ3v) is 6.15. The molecule has 1 saturated heterocycles. The molecular formula is C16H28N2S2. The van der Waals surface area contributed by atoms with E-state index in [-0.39, 0.29) is 0 Å². The van der Waals surface area contributed by atoms with Crippen molar-refractivity contribution in [2.75, 3.05) is 18.8 Å². The highest BCUT2D eigenvalue weighted by Crippen LogP contribution is 2.31. The lowest BCUT2D eigenvalue weighted by molar-refractivity contribution is 0.278. The zero-order valence-corrected chi connectivity index (χ0v) is 14.9. The van der Waals surface area contributed by atoms with Crippen molar-refractivity contribution < 1.29 is 0 Å². The van der Waals surface area contributed by atoms with Gasteiger partial charge < -0.3 is 5.32 Å². The van der Waals surface area contributed by atoms with E-state index in [9.17, 15) is 0 Å². The van der Waals surface area contributed by atoms with Crippen LogP contribution in [0.25, 0.3) is 0 Å². The van der Waals surface area contributed by atoms with Crippen molar-refractivity contribution in [3.63, 3.8) is 0 Å². The molecule has 1 aromatic rings. The normalized spacial score (nSPS) is 20.2. The third kappa shape index (κ3) is 5.40. The van der Waals surface area contributed by atoms with Crippen molar-refractivity contribution in [2.45, 2.75) is 58.0 Å². The second-order valence-electron chi connectivity index (χ2n) is 6.54. The van der Waals surface area contributed by atoms with Crippen LogP contribution in [-0.4, -0.2) is 34.5 Å². The molecule has 1 aliphatic heterocycles. The standard InChI is InChI=1S/C16H28N2S2/c1-13(2)17-11-14-5-6-15(20-14)12-18-8-7-16(3,4)19-10-9-18/h5-6,13,17H,7-12H2,1-4H3. The molecule has 0 unspecified atom stereocenters. The Balaban J connectivity index is 1.84. The van der Waals surface area contributed by atoms with Crippen molar-refractivity contribution in [1.82, 2.24) is 10.2 Å². The second kappa shape index (κ2) is 7.30. The van der Waals surface area contributed by atoms with Gasteiger partial charge in [-0.3, -0.25) is 4.90 Å². The van der Waals surface area contributed by atoms with Crippen molar-refractivity contribution in [2.24, 2.45) is 0 Å². The first-order valence-corrected chi connectivity index (χ1v) is 9.42. The summed E-state index contributed by atoms with van der Waals surface area (Å²) in [5, 5.41) is 3.49. The van der Waals surface area contributed by atoms with Gasteiger partial charge in [0.1, 0.15) is 0 Å². The second-order valence-corrected chi connectivity index (χ2v) is 9.59. The summed E-state index contributed by atoms with van der Waals surface area (Å²) < 4.78 is 0.455. The third-order valence-electron chi connectivity index (χ3n) is 3.71. The molecule has 0 amide bonds. The molecule has 1 aromatic heterocycles. The summed E-state index contributed by atoms with van der Waals surface area (Å²) in [4.78, 5) is 5.58. The molecule has 2 nitrogen and oxygen atoms in total. The topological polar surface area (TPSA) is 15.3 Å². The van der Waals surface area contributed by atoms with Crippen molar-refractivity contribution >= 4 is 23.1 Å². The Labute approximate surface area is 132 Å². The molecule has 2 rings (SSSR count). The minimum atomic E-state index is 0.455. The first kappa shape index (κ1) is 16.3. The molecule has 0 atom stereocenters. The van der Waals surface area contributed by atoms with E-state index in [1.54, 1.807) is 0 Å². The predicted octanol–water partition coefficient (Wildman–Crippen LogP) is 3.96. The van der Waals surface area contributed by atoms with Crippen LogP contribution < -0.4 is 5.32 Å². The van der Waals surface area contributed by atoms with Gasteiger partial charge in [0.25, 0.3) is 0 Å². The van der Waals surface area contributed by atoms with Gasteiger partial charge >= 0.3 is 0 Å². The van der Waals surface area contributed by atoms with Crippen LogP contribution in [0.5, 0.6) is 0 Å². The predicted molar refractivity (Wildman–Crippen MR) is 92.7 cm³/mol. The molecule has 0 aliphatic carbocycles. The van der Waals surface area contributed by atoms with E-state index in [4.69, 9.17) is 0 Å². The molecule has 20 heavy (non-hydrogen) atoms. The molecule has 0 spiro atoms. The Bertz CT molecular complexity index is 412. The van der Waals surface area contributed by atoms with Crippen LogP contribution in [0.3, 0.4) is 0 Å². The van der Waals surface area contributed by atoms with Crippen LogP contribution in [0.1, 0.15) is 43.9 Å². The Morgan fingerprint density at radius 1 is 1.25 bits per heavy atom. The Hall–Kier alpha value is -0.0300. The highest BCUT2D eigenvalue weighted by Gasteiger charge is 2.23. The lowest BCUT2D eigenvalue weighted by atomic mass is 10.1. The number of hydrogen-bond acceptors (Lipinski definition) is 4. The van der Waals surface area contributed by atoms with Crippen LogP contribution in [0.4, 0.5) is 0 Å². The summed E-state index contributed by atoms with van der Waals surface area (Å²) in [6.45, 7) is 13.7. The zero-order chi connectivity index (χ0) is 14.6. The molecule has 1 N–H and O–H groups in total. The first-order valence-electron chi connectivity index (χ1n) is 7.62. The molecule has 4 heteroatoms. The average Bonchev–Trinajstić information content (AvgIpc) is 2.73. The van der Waals surface area contributed by atoms with E-state index < -0.39 is 0 Å². The summed E-state index contributed by atoms with van der Waals surface area (Å²) in [7, 11) is 0. The quantitative estimate of drug-likeness (QED) is 0.886. The summed E-state index contributed by atoms with van der Waals surface area (Å²) in [5.74, 6) is 1.26. The molecule has 0 aromatic carbocycles. The fourth-order valence-electron chi connectivity index (χ4n) is 2.35. The Kier molecular flexibility index (Phi) is 5.96. The molecular weight excluding hydrogens is 284 g/mol. The average molecular weight is 313 g/mol. The number of nitrogens with zero attached hydrogens (tertiary/aromatic N) is 1. The summed E-state index contributed by atoms with van der Waals surface area (Å²) in [6.07, 6.45) is 1.30. The van der Waals surface area contributed by atoms with Crippen LogP contribution in [0.15, 0.2) is 12.1 Å². The van der Waals surface area contributed by atoms with Gasteiger partial charge in [-0.2, -0.15) is 11.8 Å². The number of hydrogen-bond donors (Lipinski definition) is 1. The lowest BCUT2D eigenvalue weighted by Crippen LogP contribution is -2.26. The molecule has 0 radical (unpaired) electrons. The zero-order valence-electron chi connectivity index (χ0n) is 13.2. The number of thiophene rings is 1. The van der Waals surface area contributed by atoms with E-state index in [2.05, 4.69) is 61.8 Å². The van der Waals surface area contributed by atoms with Gasteiger partial charge in [0, 0.05) is 45.9 Å². The number of nitrogens with one attached hydrogen (secondary N) is 1. The summed E-state index contributed by atoms with van der Waals surface area (Å²) in [5.41, 5.74) is 0. The van der Waals surface area contributed by atoms with Gasteiger partial charge in [-0.25, -0.2) is 0 Å². The van der Waals surface area contributed by atoms with Crippen molar-refractivity contribution in [3.8, 4) is 0 Å². The lowest BCUT2D eigenvalue weighted by Gasteiger charge is -2.22. The largest absolute Gasteiger partial charge is 0.310 e. The maximum Gasteiger partial charge on any atom is 0.0328 e. The van der Waals surface area contributed by atoms with E-state index in [0.717, 1.165) is 13.1 Å². The maximum absolute atomic E-state index is 3.49. The van der Waals surface area contributed by atoms with Crippen LogP contribution in [0, 0.1) is 0 Å². The molecule has 0 saturated carbocycles. The van der Waals surface area contributed by atoms with Crippen molar-refractivity contribution in [1.29, 1.82) is 0 Å². The smallest absolute Gasteiger partial charge is 0.0328 e. The Morgan fingerprint density at radius 2 is 2.00 bits per heavy atom. The minimum absolute atomic E-state index is 0.455. The van der Waals surface area contributed by atoms with Gasteiger partial charge in [-0.05, 0) is 25.1 Å². The van der Waals surface area contributed by atoms with Crippen LogP contribution in [-0.2, 0) is 13.1 Å². The van der Waals surface area contributed by atoms with E-state index >= 15 is 0 Å². The molecule has 114 valence electrons. The first-order chi connectivity index (χ1) is 9.44. The molecule has 2 heterocycles. The minimum Gasteiger partial charge on any atom is -0.310 e. The highest BCUT2D eigenvalue weighted by molar-refractivity contribution is 8.00. The van der Waals surface area contributed by atoms with Gasteiger partial charge in [0.15, 0.2) is 0 Å². The Morgan fingerprint density at radius 3 is 2.75 bits per heavy atom. The molecule has 0 bridgehead atoms. The SMILES string of the molecule is CC(C)NCc1ccc(CN2CCSC(C)(C)CC2)s1. The fraction of sp³-hybridized carbons (Fsp3) is 0.750. The van der Waals surface area contributed by atoms with Crippen LogP contribution in [0.2, 0.25) is 0 Å². The van der Waals surface area contributed by atoms with E-state index in [0.29, 0.717) is 10.8 Å². The summed E-state index contributed by atoms with van der Waals surface area (Å²) in [6, 6.07) is 5.15. The molecule has 1 fully saturated rings. The summed E-state index contributed by atoms with van der Waals surface area (Å²) >= 11 is 4.09.